The number of rotatable bonds is 4. The van der Waals surface area contributed by atoms with Crippen LogP contribution in [-0.2, 0) is 9.36 Å². The van der Waals surface area contributed by atoms with E-state index in [2.05, 4.69) is 0 Å². The molecule has 0 saturated carbocycles. The molecule has 0 aromatic carbocycles. The molecule has 5 heteroatoms. The molecule has 14 heavy (non-hydrogen) atoms. The third kappa shape index (κ3) is 7.65. The van der Waals surface area contributed by atoms with Gasteiger partial charge in [-0.2, -0.15) is 0 Å². The quantitative estimate of drug-likeness (QED) is 0.417. The first kappa shape index (κ1) is 14.3. The van der Waals surface area contributed by atoms with Crippen molar-refractivity contribution in [3.8, 4) is 0 Å². The minimum atomic E-state index is -0.508. The van der Waals surface area contributed by atoms with Gasteiger partial charge in [0.1, 0.15) is 6.35 Å². The smallest absolute Gasteiger partial charge is 0.109 e. The lowest BCUT2D eigenvalue weighted by Gasteiger charge is -2.39. The summed E-state index contributed by atoms with van der Waals surface area (Å²) in [5.41, 5.74) is -0.677. The van der Waals surface area contributed by atoms with Crippen LogP contribution < -0.4 is 0 Å². The highest BCUT2D eigenvalue weighted by atomic mass is 31.1. The average molecular weight is 222 g/mol. The van der Waals surface area contributed by atoms with Gasteiger partial charge < -0.3 is 14.6 Å². The van der Waals surface area contributed by atoms with Crippen LogP contribution >= 0.6 is 8.81 Å². The van der Waals surface area contributed by atoms with Gasteiger partial charge in [-0.05, 0) is 41.5 Å². The van der Waals surface area contributed by atoms with Crippen LogP contribution in [0.2, 0.25) is 0 Å². The molecule has 0 radical (unpaired) electrons. The van der Waals surface area contributed by atoms with Crippen LogP contribution in [0.4, 0.5) is 0 Å². The maximum atomic E-state index is 11.2. The minimum Gasteiger partial charge on any atom is -0.762 e. The average Bonchev–Trinajstić information content (AvgIpc) is 1.93. The van der Waals surface area contributed by atoms with Crippen molar-refractivity contribution in [3.63, 3.8) is 0 Å². The second-order valence-corrected chi connectivity index (χ2v) is 5.84. The summed E-state index contributed by atoms with van der Waals surface area (Å²) in [5.74, 6) is 0. The molecular formula is C9H21NO3P-. The Labute approximate surface area is 88.3 Å². The summed E-state index contributed by atoms with van der Waals surface area (Å²) in [7, 11) is 0.192. The van der Waals surface area contributed by atoms with Gasteiger partial charge in [0.15, 0.2) is 0 Å². The predicted molar refractivity (Wildman–Crippen MR) is 60.1 cm³/mol. The Kier molecular flexibility index (Phi) is 5.48. The van der Waals surface area contributed by atoms with Crippen molar-refractivity contribution < 1.29 is 9.36 Å². The van der Waals surface area contributed by atoms with Crippen molar-refractivity contribution in [2.45, 2.75) is 52.7 Å². The highest BCUT2D eigenvalue weighted by molar-refractivity contribution is 7.32. The van der Waals surface area contributed by atoms with Crippen LogP contribution in [0, 0.1) is 5.21 Å². The normalized spacial score (nSPS) is 14.6. The molecular weight excluding hydrogens is 201 g/mol. The van der Waals surface area contributed by atoms with E-state index in [1.165, 1.54) is 0 Å². The van der Waals surface area contributed by atoms with E-state index in [4.69, 9.17) is 9.36 Å². The van der Waals surface area contributed by atoms with E-state index < -0.39 is 5.54 Å². The Morgan fingerprint density at radius 2 is 1.64 bits per heavy atom. The molecule has 0 heterocycles. The molecule has 1 atom stereocenters. The van der Waals surface area contributed by atoms with Crippen molar-refractivity contribution in [1.29, 1.82) is 0 Å². The summed E-state index contributed by atoms with van der Waals surface area (Å²) in [5, 5.41) is 11.8. The van der Waals surface area contributed by atoms with Gasteiger partial charge in [-0.15, -0.1) is 0 Å². The topological polar surface area (TPSA) is 44.8 Å². The standard InChI is InChI=1S/C9H21NO3P/c1-8(2,3)10(11)12-7-14-13-9(4,5)6/h14H,7H2,1-6H3/q-1. The number of hydroxylamine groups is 2. The van der Waals surface area contributed by atoms with Gasteiger partial charge in [0, 0.05) is 14.3 Å². The fourth-order valence-corrected chi connectivity index (χ4v) is 1.19. The first-order valence-electron chi connectivity index (χ1n) is 4.64. The maximum absolute atomic E-state index is 11.2. The molecule has 1 unspecified atom stereocenters. The zero-order chi connectivity index (χ0) is 11.4. The van der Waals surface area contributed by atoms with Gasteiger partial charge in [0.05, 0.1) is 5.60 Å². The Hall–Kier alpha value is 0.270. The summed E-state index contributed by atoms with van der Waals surface area (Å²) in [6, 6.07) is 0. The third-order valence-corrected chi connectivity index (χ3v) is 2.17. The van der Waals surface area contributed by atoms with Gasteiger partial charge in [-0.25, -0.2) is 0 Å². The van der Waals surface area contributed by atoms with E-state index >= 15 is 0 Å². The van der Waals surface area contributed by atoms with Crippen LogP contribution in [0.15, 0.2) is 0 Å². The molecule has 0 spiro atoms. The molecule has 0 rings (SSSR count). The van der Waals surface area contributed by atoms with E-state index in [1.54, 1.807) is 20.8 Å². The van der Waals surface area contributed by atoms with Crippen LogP contribution in [0.5, 0.6) is 0 Å². The van der Waals surface area contributed by atoms with Gasteiger partial charge in [0.25, 0.3) is 0 Å². The van der Waals surface area contributed by atoms with E-state index in [1.807, 2.05) is 20.8 Å². The molecule has 0 aliphatic carbocycles. The van der Waals surface area contributed by atoms with Crippen LogP contribution in [0.1, 0.15) is 41.5 Å². The summed E-state index contributed by atoms with van der Waals surface area (Å²) in [4.78, 5) is 4.97. The SMILES string of the molecule is CC(C)(C)OPCON([O-])C(C)(C)C. The fraction of sp³-hybridized carbons (Fsp3) is 1.00. The predicted octanol–water partition coefficient (Wildman–Crippen LogP) is 2.88. The largest absolute Gasteiger partial charge is 0.762 e. The van der Waals surface area contributed by atoms with Crippen molar-refractivity contribution in [2.75, 3.05) is 6.35 Å². The summed E-state index contributed by atoms with van der Waals surface area (Å²) < 4.78 is 5.43. The first-order valence-corrected chi connectivity index (χ1v) is 5.75. The van der Waals surface area contributed by atoms with Crippen molar-refractivity contribution in [3.05, 3.63) is 5.21 Å². The highest BCUT2D eigenvalue weighted by Crippen LogP contribution is 2.23. The van der Waals surface area contributed by atoms with E-state index in [0.29, 0.717) is 11.6 Å². The van der Waals surface area contributed by atoms with E-state index in [0.717, 1.165) is 0 Å². The van der Waals surface area contributed by atoms with Gasteiger partial charge in [0.2, 0.25) is 0 Å². The van der Waals surface area contributed by atoms with Crippen molar-refractivity contribution in [1.82, 2.24) is 5.23 Å². The second kappa shape index (κ2) is 5.38. The number of hydrogen-bond acceptors (Lipinski definition) is 4. The molecule has 0 N–H and O–H groups in total. The minimum absolute atomic E-state index is 0.169. The zero-order valence-corrected chi connectivity index (χ0v) is 10.9. The Balaban J connectivity index is 3.56. The lowest BCUT2D eigenvalue weighted by atomic mass is 10.1. The summed E-state index contributed by atoms with van der Waals surface area (Å²) in [6.07, 6.45) is 0.317. The molecule has 86 valence electrons. The van der Waals surface area contributed by atoms with E-state index in [-0.39, 0.29) is 14.4 Å². The molecule has 4 nitrogen and oxygen atoms in total. The van der Waals surface area contributed by atoms with Crippen LogP contribution in [0.25, 0.3) is 0 Å². The summed E-state index contributed by atoms with van der Waals surface area (Å²) >= 11 is 0. The Bertz CT molecular complexity index is 162. The first-order chi connectivity index (χ1) is 6.13. The fourth-order valence-electron chi connectivity index (χ4n) is 0.525. The molecule has 0 aliphatic rings. The summed E-state index contributed by atoms with van der Waals surface area (Å²) in [6.45, 7) is 11.3. The van der Waals surface area contributed by atoms with Crippen LogP contribution in [-0.4, -0.2) is 22.7 Å². The van der Waals surface area contributed by atoms with Gasteiger partial charge in [-0.1, -0.05) is 0 Å². The highest BCUT2D eigenvalue weighted by Gasteiger charge is 2.14. The molecule has 0 bridgehead atoms. The lowest BCUT2D eigenvalue weighted by molar-refractivity contribution is -0.155. The second-order valence-electron chi connectivity index (χ2n) is 5.06. The Morgan fingerprint density at radius 3 is 2.00 bits per heavy atom. The molecule has 0 aliphatic heterocycles. The van der Waals surface area contributed by atoms with Crippen molar-refractivity contribution >= 4 is 8.81 Å². The molecule has 0 fully saturated rings. The number of hydrogen-bond donors (Lipinski definition) is 0. The maximum Gasteiger partial charge on any atom is 0.109 e. The monoisotopic (exact) mass is 222 g/mol. The number of nitrogens with zero attached hydrogens (tertiary/aromatic N) is 1. The van der Waals surface area contributed by atoms with Crippen molar-refractivity contribution in [2.24, 2.45) is 0 Å². The zero-order valence-electron chi connectivity index (χ0n) is 9.88. The van der Waals surface area contributed by atoms with Gasteiger partial charge >= 0.3 is 0 Å². The molecule has 0 amide bonds. The van der Waals surface area contributed by atoms with Crippen LogP contribution in [0.3, 0.4) is 0 Å². The molecule has 0 aromatic rings. The van der Waals surface area contributed by atoms with Gasteiger partial charge in [-0.3, -0.25) is 5.23 Å². The lowest BCUT2D eigenvalue weighted by Crippen LogP contribution is -2.36. The molecule has 0 aromatic heterocycles. The third-order valence-electron chi connectivity index (χ3n) is 1.17. The van der Waals surface area contributed by atoms with E-state index in [9.17, 15) is 5.21 Å². The molecule has 0 saturated heterocycles. The Morgan fingerprint density at radius 1 is 1.14 bits per heavy atom.